The summed E-state index contributed by atoms with van der Waals surface area (Å²) in [6, 6.07) is 6.14. The minimum atomic E-state index is -1.41. The summed E-state index contributed by atoms with van der Waals surface area (Å²) in [5, 5.41) is 7.25. The summed E-state index contributed by atoms with van der Waals surface area (Å²) in [6.45, 7) is 3.51. The number of ether oxygens (including phenoxy) is 1. The van der Waals surface area contributed by atoms with Crippen LogP contribution in [0, 0.1) is 5.92 Å². The van der Waals surface area contributed by atoms with Crippen molar-refractivity contribution in [3.05, 3.63) is 35.4 Å². The largest absolute Gasteiger partial charge is 0.365 e. The lowest BCUT2D eigenvalue weighted by atomic mass is 10.0. The molecule has 0 spiro atoms. The molecule has 10 heteroatoms. The number of nitrogens with one attached hydrogen (secondary N) is 2. The molecule has 35 heavy (non-hydrogen) atoms. The van der Waals surface area contributed by atoms with Gasteiger partial charge in [-0.15, -0.1) is 0 Å². The number of benzene rings is 1. The highest BCUT2D eigenvalue weighted by Gasteiger charge is 2.53. The third kappa shape index (κ3) is 5.23. The van der Waals surface area contributed by atoms with Gasteiger partial charge in [0.1, 0.15) is 31.0 Å². The fraction of sp³-hybridized carbons (Fsp3) is 0.600. The zero-order valence-electron chi connectivity index (χ0n) is 19.9. The standard InChI is InChI=1S/C25H31FN4O4S/c1-13(2)9-18(24(33)30-10-17(26)22-21(30)20(31)11-34-22)28-23(32)15-5-3-14(4-6-15)19-12-35-25(29-19)27-16-7-8-16/h3-6,13,16-19,21-22H,7-12H2,1-2H3,(H,27,29)(H,28,32)/t17-,18-,19?,21?,22+/m0/s1. The Hall–Kier alpha value is -2.46. The van der Waals surface area contributed by atoms with Crippen molar-refractivity contribution in [3.8, 4) is 0 Å². The van der Waals surface area contributed by atoms with Crippen molar-refractivity contribution < 1.29 is 23.5 Å². The average Bonchev–Trinajstić information content (AvgIpc) is 3.22. The second kappa shape index (κ2) is 9.89. The Morgan fingerprint density at radius 3 is 2.69 bits per heavy atom. The Morgan fingerprint density at radius 1 is 1.26 bits per heavy atom. The molecular formula is C25H31FN4O4S. The van der Waals surface area contributed by atoms with Crippen LogP contribution in [0.4, 0.5) is 4.39 Å². The third-order valence-corrected chi connectivity index (χ3v) is 7.81. The maximum Gasteiger partial charge on any atom is 0.251 e. The molecule has 3 fully saturated rings. The number of amidine groups is 1. The summed E-state index contributed by atoms with van der Waals surface area (Å²) < 4.78 is 19.7. The molecule has 1 aromatic carbocycles. The van der Waals surface area contributed by atoms with Crippen LogP contribution in [0.25, 0.3) is 0 Å². The molecule has 1 aromatic rings. The van der Waals surface area contributed by atoms with Crippen LogP contribution < -0.4 is 10.6 Å². The van der Waals surface area contributed by atoms with Crippen molar-refractivity contribution in [2.24, 2.45) is 10.9 Å². The summed E-state index contributed by atoms with van der Waals surface area (Å²) in [7, 11) is 0. The number of Topliss-reactive ketones (excluding diaryl/α,β-unsaturated/α-hetero) is 1. The van der Waals surface area contributed by atoms with Crippen molar-refractivity contribution in [3.63, 3.8) is 0 Å². The zero-order valence-corrected chi connectivity index (χ0v) is 20.7. The molecule has 0 radical (unpaired) electrons. The number of likely N-dealkylation sites (tertiary alicyclic amines) is 1. The van der Waals surface area contributed by atoms with Gasteiger partial charge in [0.25, 0.3) is 5.91 Å². The summed E-state index contributed by atoms with van der Waals surface area (Å²) in [5.74, 6) is -0.139. The van der Waals surface area contributed by atoms with Crippen molar-refractivity contribution in [2.75, 3.05) is 18.9 Å². The van der Waals surface area contributed by atoms with Gasteiger partial charge >= 0.3 is 0 Å². The number of aliphatic imine (C=N–C) groups is 1. The number of carbonyl (C=O) groups is 3. The van der Waals surface area contributed by atoms with Crippen molar-refractivity contribution in [1.82, 2.24) is 15.5 Å². The van der Waals surface area contributed by atoms with Crippen LogP contribution >= 0.6 is 11.8 Å². The van der Waals surface area contributed by atoms with Gasteiger partial charge in [-0.25, -0.2) is 4.39 Å². The zero-order chi connectivity index (χ0) is 24.7. The fourth-order valence-corrected chi connectivity index (χ4v) is 5.88. The van der Waals surface area contributed by atoms with Crippen LogP contribution in [0.3, 0.4) is 0 Å². The molecule has 3 aliphatic heterocycles. The van der Waals surface area contributed by atoms with Gasteiger partial charge in [-0.1, -0.05) is 37.7 Å². The SMILES string of the molecule is CC(C)C[C@H](NC(=O)c1ccc(C2CSC(NC3CC3)=N2)cc1)C(=O)N1C[C@H](F)[C@H]2OCC(=O)C21. The molecule has 5 atom stereocenters. The van der Waals surface area contributed by atoms with Crippen LogP contribution in [0.15, 0.2) is 29.3 Å². The first-order valence-electron chi connectivity index (χ1n) is 12.3. The molecule has 188 valence electrons. The predicted molar refractivity (Wildman–Crippen MR) is 131 cm³/mol. The molecule has 2 saturated heterocycles. The number of halogens is 1. The molecule has 0 bridgehead atoms. The van der Waals surface area contributed by atoms with Crippen molar-refractivity contribution in [1.29, 1.82) is 0 Å². The maximum atomic E-state index is 14.4. The lowest BCUT2D eigenvalue weighted by Gasteiger charge is -2.28. The molecule has 2 N–H and O–H groups in total. The van der Waals surface area contributed by atoms with Gasteiger partial charge in [0.05, 0.1) is 12.6 Å². The van der Waals surface area contributed by atoms with Crippen LogP contribution in [-0.2, 0) is 14.3 Å². The van der Waals surface area contributed by atoms with E-state index in [2.05, 4.69) is 10.6 Å². The van der Waals surface area contributed by atoms with E-state index in [-0.39, 0.29) is 36.8 Å². The Bertz CT molecular complexity index is 1030. The number of hydrogen-bond acceptors (Lipinski definition) is 7. The highest BCUT2D eigenvalue weighted by molar-refractivity contribution is 8.14. The average molecular weight is 503 g/mol. The van der Waals surface area contributed by atoms with E-state index in [0.717, 1.165) is 16.5 Å². The maximum absolute atomic E-state index is 14.4. The Kier molecular flexibility index (Phi) is 6.85. The van der Waals surface area contributed by atoms with Crippen LogP contribution in [-0.4, -0.2) is 77.0 Å². The monoisotopic (exact) mass is 502 g/mol. The first-order chi connectivity index (χ1) is 16.8. The van der Waals surface area contributed by atoms with Crippen molar-refractivity contribution >= 4 is 34.5 Å². The summed E-state index contributed by atoms with van der Waals surface area (Å²) in [4.78, 5) is 44.6. The lowest BCUT2D eigenvalue weighted by Crippen LogP contribution is -2.52. The highest BCUT2D eigenvalue weighted by atomic mass is 32.2. The van der Waals surface area contributed by atoms with Gasteiger partial charge in [0, 0.05) is 17.4 Å². The third-order valence-electron chi connectivity index (χ3n) is 6.83. The number of hydrogen-bond donors (Lipinski definition) is 2. The minimum absolute atomic E-state index is 0.0524. The Balaban J connectivity index is 1.25. The summed E-state index contributed by atoms with van der Waals surface area (Å²) in [5.41, 5.74) is 1.47. The van der Waals surface area contributed by atoms with E-state index < -0.39 is 30.3 Å². The highest BCUT2D eigenvalue weighted by Crippen LogP contribution is 2.32. The molecule has 2 unspecified atom stereocenters. The lowest BCUT2D eigenvalue weighted by molar-refractivity contribution is -0.138. The molecular weight excluding hydrogens is 471 g/mol. The van der Waals surface area contributed by atoms with Gasteiger partial charge in [0.2, 0.25) is 5.91 Å². The smallest absolute Gasteiger partial charge is 0.251 e. The number of nitrogens with zero attached hydrogens (tertiary/aromatic N) is 2. The van der Waals surface area contributed by atoms with Crippen LogP contribution in [0.5, 0.6) is 0 Å². The van der Waals surface area contributed by atoms with Crippen molar-refractivity contribution in [2.45, 2.75) is 69.6 Å². The summed E-state index contributed by atoms with van der Waals surface area (Å²) in [6.07, 6.45) is 0.464. The number of carbonyl (C=O) groups excluding carboxylic acids is 3. The van der Waals surface area contributed by atoms with Gasteiger partial charge < -0.3 is 20.3 Å². The van der Waals surface area contributed by atoms with E-state index in [1.807, 2.05) is 26.0 Å². The van der Waals surface area contributed by atoms with E-state index in [4.69, 9.17) is 9.73 Å². The number of amides is 2. The van der Waals surface area contributed by atoms with Crippen LogP contribution in [0.1, 0.15) is 55.1 Å². The van der Waals surface area contributed by atoms with E-state index in [0.29, 0.717) is 18.0 Å². The minimum Gasteiger partial charge on any atom is -0.365 e. The van der Waals surface area contributed by atoms with E-state index in [1.54, 1.807) is 23.9 Å². The molecule has 5 rings (SSSR count). The van der Waals surface area contributed by atoms with Gasteiger partial charge in [0.15, 0.2) is 11.0 Å². The second-order valence-electron chi connectivity index (χ2n) is 10.2. The fourth-order valence-electron chi connectivity index (χ4n) is 4.84. The Labute approximate surface area is 208 Å². The van der Waals surface area contributed by atoms with Gasteiger partial charge in [-0.3, -0.25) is 19.4 Å². The number of thioether (sulfide) groups is 1. The van der Waals surface area contributed by atoms with Crippen LogP contribution in [0.2, 0.25) is 0 Å². The summed E-state index contributed by atoms with van der Waals surface area (Å²) >= 11 is 1.72. The molecule has 4 aliphatic rings. The van der Waals surface area contributed by atoms with Gasteiger partial charge in [-0.2, -0.15) is 0 Å². The number of fused-ring (bicyclic) bond motifs is 1. The molecule has 2 amide bonds. The van der Waals surface area contributed by atoms with E-state index in [9.17, 15) is 18.8 Å². The number of ketones is 1. The molecule has 1 saturated carbocycles. The Morgan fingerprint density at radius 2 is 2.00 bits per heavy atom. The molecule has 3 heterocycles. The van der Waals surface area contributed by atoms with E-state index in [1.165, 1.54) is 17.7 Å². The molecule has 8 nitrogen and oxygen atoms in total. The predicted octanol–water partition coefficient (Wildman–Crippen LogP) is 2.24. The molecule has 0 aromatic heterocycles. The normalized spacial score (nSPS) is 28.7. The molecule has 1 aliphatic carbocycles. The topological polar surface area (TPSA) is 100 Å². The van der Waals surface area contributed by atoms with E-state index >= 15 is 0 Å². The first kappa shape index (κ1) is 24.2. The second-order valence-corrected chi connectivity index (χ2v) is 11.2. The van der Waals surface area contributed by atoms with Gasteiger partial charge in [-0.05, 0) is 42.9 Å². The first-order valence-corrected chi connectivity index (χ1v) is 13.3. The number of alkyl halides is 1. The number of rotatable bonds is 7. The quantitative estimate of drug-likeness (QED) is 0.593.